The van der Waals surface area contributed by atoms with E-state index < -0.39 is 5.41 Å². The molecule has 0 fully saturated rings. The molecule has 12 rings (SSSR count). The number of hydrogen-bond donors (Lipinski definition) is 0. The standard InChI is InChI=1S/C55H36N2S/c1-4-19-38(20-5-1)56(39-21-6-2-7-22-39)41-32-34-46-50(35-41)55(53-47-27-13-15-30-52(47)58-54(46)53)48-28-14-12-26-44(48)45-33-31-42(36-49(45)55)57(40-23-8-3-9-24-40)51-29-16-18-37-17-10-11-25-43(37)51/h1-36H. The van der Waals surface area contributed by atoms with E-state index in [0.29, 0.717) is 0 Å². The molecule has 9 aromatic carbocycles. The minimum absolute atomic E-state index is 0.553. The molecule has 0 radical (unpaired) electrons. The van der Waals surface area contributed by atoms with E-state index in [-0.39, 0.29) is 0 Å². The average Bonchev–Trinajstić information content (AvgIpc) is 3.91. The Kier molecular flexibility index (Phi) is 7.35. The van der Waals surface area contributed by atoms with Gasteiger partial charge in [-0.25, -0.2) is 0 Å². The van der Waals surface area contributed by atoms with Crippen LogP contribution >= 0.6 is 11.3 Å². The van der Waals surface area contributed by atoms with Crippen LogP contribution in [0.5, 0.6) is 0 Å². The van der Waals surface area contributed by atoms with E-state index in [2.05, 4.69) is 228 Å². The van der Waals surface area contributed by atoms with Gasteiger partial charge in [-0.2, -0.15) is 0 Å². The Morgan fingerprint density at radius 2 is 0.862 bits per heavy atom. The van der Waals surface area contributed by atoms with Gasteiger partial charge in [0.05, 0.1) is 11.1 Å². The maximum absolute atomic E-state index is 2.51. The fourth-order valence-electron chi connectivity index (χ4n) is 9.90. The SMILES string of the molecule is c1ccc(N(c2ccccc2)c2ccc3c(c2)C2(c4ccccc4-c4ccc(N(c5ccccc5)c5cccc6ccccc56)cc42)c2c-3sc3ccccc23)cc1. The van der Waals surface area contributed by atoms with Crippen LogP contribution in [0.1, 0.15) is 22.3 Å². The summed E-state index contributed by atoms with van der Waals surface area (Å²) in [6.45, 7) is 0. The zero-order chi connectivity index (χ0) is 38.2. The van der Waals surface area contributed by atoms with Crippen LogP contribution < -0.4 is 9.80 Å². The lowest BCUT2D eigenvalue weighted by Gasteiger charge is -2.33. The van der Waals surface area contributed by atoms with Gasteiger partial charge in [0, 0.05) is 43.4 Å². The van der Waals surface area contributed by atoms with Crippen LogP contribution in [0.2, 0.25) is 0 Å². The van der Waals surface area contributed by atoms with Crippen molar-refractivity contribution in [2.24, 2.45) is 0 Å². The van der Waals surface area contributed by atoms with Gasteiger partial charge in [-0.15, -0.1) is 11.3 Å². The molecule has 2 aliphatic rings. The van der Waals surface area contributed by atoms with E-state index in [9.17, 15) is 0 Å². The summed E-state index contributed by atoms with van der Waals surface area (Å²) in [5.41, 5.74) is 15.5. The molecule has 0 N–H and O–H groups in total. The molecule has 0 saturated heterocycles. The van der Waals surface area contributed by atoms with Crippen LogP contribution in [0.15, 0.2) is 218 Å². The van der Waals surface area contributed by atoms with Crippen LogP contribution in [-0.2, 0) is 5.41 Å². The highest BCUT2D eigenvalue weighted by Crippen LogP contribution is 2.67. The summed E-state index contributed by atoms with van der Waals surface area (Å²) >= 11 is 1.93. The first kappa shape index (κ1) is 33.0. The molecule has 3 heteroatoms. The number of hydrogen-bond acceptors (Lipinski definition) is 3. The first-order valence-electron chi connectivity index (χ1n) is 19.9. The van der Waals surface area contributed by atoms with Crippen molar-refractivity contribution >= 4 is 66.3 Å². The summed E-state index contributed by atoms with van der Waals surface area (Å²) in [7, 11) is 0. The van der Waals surface area contributed by atoms with E-state index >= 15 is 0 Å². The molecule has 1 aromatic heterocycles. The molecule has 0 amide bonds. The second-order valence-electron chi connectivity index (χ2n) is 15.2. The summed E-state index contributed by atoms with van der Waals surface area (Å²) < 4.78 is 1.32. The quantitative estimate of drug-likeness (QED) is 0.167. The normalized spacial score (nSPS) is 14.6. The van der Waals surface area contributed by atoms with Crippen LogP contribution in [0.4, 0.5) is 34.1 Å². The Labute approximate surface area is 342 Å². The number of rotatable bonds is 6. The lowest BCUT2D eigenvalue weighted by atomic mass is 9.70. The number of para-hydroxylation sites is 3. The molecule has 2 nitrogen and oxygen atoms in total. The van der Waals surface area contributed by atoms with E-state index in [1.54, 1.807) is 0 Å². The predicted molar refractivity (Wildman–Crippen MR) is 245 cm³/mol. The maximum atomic E-state index is 2.51. The highest BCUT2D eigenvalue weighted by atomic mass is 32.1. The van der Waals surface area contributed by atoms with Crippen molar-refractivity contribution in [2.75, 3.05) is 9.80 Å². The predicted octanol–water partition coefficient (Wildman–Crippen LogP) is 15.3. The molecular formula is C55H36N2S. The minimum atomic E-state index is -0.553. The van der Waals surface area contributed by atoms with Gasteiger partial charge in [0.15, 0.2) is 0 Å². The Bertz CT molecular complexity index is 3140. The third-order valence-corrected chi connectivity index (χ3v) is 13.4. The van der Waals surface area contributed by atoms with E-state index in [0.717, 1.165) is 34.1 Å². The fraction of sp³-hybridized carbons (Fsp3) is 0.0182. The van der Waals surface area contributed by atoms with Crippen LogP contribution in [0.25, 0.3) is 42.4 Å². The minimum Gasteiger partial charge on any atom is -0.310 e. The van der Waals surface area contributed by atoms with Crippen molar-refractivity contribution in [3.63, 3.8) is 0 Å². The third kappa shape index (κ3) is 4.71. The van der Waals surface area contributed by atoms with E-state index in [1.807, 2.05) is 11.3 Å². The lowest BCUT2D eigenvalue weighted by molar-refractivity contribution is 0.802. The van der Waals surface area contributed by atoms with Gasteiger partial charge in [0.1, 0.15) is 0 Å². The molecule has 58 heavy (non-hydrogen) atoms. The van der Waals surface area contributed by atoms with Gasteiger partial charge < -0.3 is 9.80 Å². The number of anilines is 6. The summed E-state index contributed by atoms with van der Waals surface area (Å²) in [6.07, 6.45) is 0. The topological polar surface area (TPSA) is 6.48 Å². The molecule has 1 heterocycles. The molecule has 0 saturated carbocycles. The molecule has 0 aliphatic heterocycles. The van der Waals surface area contributed by atoms with Gasteiger partial charge in [-0.3, -0.25) is 0 Å². The number of fused-ring (bicyclic) bond motifs is 13. The molecule has 1 unspecified atom stereocenters. The second-order valence-corrected chi connectivity index (χ2v) is 16.3. The van der Waals surface area contributed by atoms with Gasteiger partial charge >= 0.3 is 0 Å². The Morgan fingerprint density at radius 1 is 0.345 bits per heavy atom. The highest BCUT2D eigenvalue weighted by Gasteiger charge is 2.54. The van der Waals surface area contributed by atoms with Gasteiger partial charge in [-0.1, -0.05) is 146 Å². The van der Waals surface area contributed by atoms with Crippen molar-refractivity contribution < 1.29 is 0 Å². The van der Waals surface area contributed by atoms with Crippen LogP contribution in [0.3, 0.4) is 0 Å². The number of nitrogens with zero attached hydrogens (tertiary/aromatic N) is 2. The van der Waals surface area contributed by atoms with Crippen molar-refractivity contribution in [3.05, 3.63) is 241 Å². The zero-order valence-electron chi connectivity index (χ0n) is 31.6. The lowest BCUT2D eigenvalue weighted by Crippen LogP contribution is -2.26. The van der Waals surface area contributed by atoms with Crippen molar-refractivity contribution in [1.82, 2.24) is 0 Å². The van der Waals surface area contributed by atoms with E-state index in [4.69, 9.17) is 0 Å². The van der Waals surface area contributed by atoms with E-state index in [1.165, 1.54) is 64.7 Å². The van der Waals surface area contributed by atoms with Crippen LogP contribution in [-0.4, -0.2) is 0 Å². The Morgan fingerprint density at radius 3 is 1.59 bits per heavy atom. The first-order chi connectivity index (χ1) is 28.8. The Hall–Kier alpha value is -7.20. The molecule has 10 aromatic rings. The van der Waals surface area contributed by atoms with Crippen molar-refractivity contribution in [2.45, 2.75) is 5.41 Å². The molecule has 272 valence electrons. The summed E-state index contributed by atoms with van der Waals surface area (Å²) in [5, 5.41) is 3.76. The highest BCUT2D eigenvalue weighted by molar-refractivity contribution is 7.22. The molecule has 0 bridgehead atoms. The molecule has 1 spiro atoms. The number of benzene rings is 9. The average molecular weight is 757 g/mol. The Balaban J connectivity index is 1.17. The van der Waals surface area contributed by atoms with Crippen LogP contribution in [0, 0.1) is 0 Å². The van der Waals surface area contributed by atoms with Gasteiger partial charge in [0.25, 0.3) is 0 Å². The molecule has 1 atom stereocenters. The zero-order valence-corrected chi connectivity index (χ0v) is 32.4. The maximum Gasteiger partial charge on any atom is 0.0741 e. The molecule has 2 aliphatic carbocycles. The number of thiophene rings is 1. The summed E-state index contributed by atoms with van der Waals surface area (Å²) in [6, 6.07) is 80.3. The molecular weight excluding hydrogens is 721 g/mol. The van der Waals surface area contributed by atoms with Crippen molar-refractivity contribution in [1.29, 1.82) is 0 Å². The third-order valence-electron chi connectivity index (χ3n) is 12.2. The smallest absolute Gasteiger partial charge is 0.0741 e. The van der Waals surface area contributed by atoms with Crippen molar-refractivity contribution in [3.8, 4) is 21.6 Å². The second kappa shape index (κ2) is 12.9. The van der Waals surface area contributed by atoms with Gasteiger partial charge in [0.2, 0.25) is 0 Å². The first-order valence-corrected chi connectivity index (χ1v) is 20.8. The largest absolute Gasteiger partial charge is 0.310 e. The summed E-state index contributed by atoms with van der Waals surface area (Å²) in [4.78, 5) is 6.20. The fourth-order valence-corrected chi connectivity index (χ4v) is 11.2. The summed E-state index contributed by atoms with van der Waals surface area (Å²) in [5.74, 6) is 0. The monoisotopic (exact) mass is 756 g/mol. The van der Waals surface area contributed by atoms with Gasteiger partial charge in [-0.05, 0) is 123 Å².